The molecule has 0 aliphatic carbocycles. The first-order valence-corrected chi connectivity index (χ1v) is 6.62. The maximum Gasteiger partial charge on any atom is 0.159 e. The van der Waals surface area contributed by atoms with Crippen molar-refractivity contribution in [1.29, 1.82) is 0 Å². The van der Waals surface area contributed by atoms with Gasteiger partial charge in [0, 0.05) is 11.3 Å². The van der Waals surface area contributed by atoms with Crippen LogP contribution in [-0.2, 0) is 4.74 Å². The van der Waals surface area contributed by atoms with E-state index in [2.05, 4.69) is 5.32 Å². The van der Waals surface area contributed by atoms with Gasteiger partial charge in [0.25, 0.3) is 0 Å². The van der Waals surface area contributed by atoms with Crippen molar-refractivity contribution in [2.45, 2.75) is 37.6 Å². The number of benzene rings is 1. The first kappa shape index (κ1) is 15.9. The summed E-state index contributed by atoms with van der Waals surface area (Å²) >= 11 is 0. The Morgan fingerprint density at radius 2 is 1.76 bits per heavy atom. The van der Waals surface area contributed by atoms with Crippen LogP contribution in [0.4, 0.5) is 5.69 Å². The van der Waals surface area contributed by atoms with E-state index in [0.29, 0.717) is 11.3 Å². The minimum atomic E-state index is -1.43. The molecule has 5 N–H and O–H groups in total. The van der Waals surface area contributed by atoms with Gasteiger partial charge in [0.05, 0.1) is 6.61 Å². The third-order valence-electron chi connectivity index (χ3n) is 3.49. The monoisotopic (exact) mass is 297 g/mol. The van der Waals surface area contributed by atoms with Crippen LogP contribution in [0.25, 0.3) is 0 Å². The lowest BCUT2D eigenvalue weighted by molar-refractivity contribution is -0.221. The van der Waals surface area contributed by atoms with Gasteiger partial charge in [0.15, 0.2) is 12.0 Å². The molecule has 1 heterocycles. The molecular weight excluding hydrogens is 278 g/mol. The van der Waals surface area contributed by atoms with E-state index in [-0.39, 0.29) is 5.78 Å². The van der Waals surface area contributed by atoms with Crippen molar-refractivity contribution in [1.82, 2.24) is 0 Å². The van der Waals surface area contributed by atoms with Crippen LogP contribution in [0.15, 0.2) is 24.3 Å². The topological polar surface area (TPSA) is 119 Å². The summed E-state index contributed by atoms with van der Waals surface area (Å²) in [5.41, 5.74) is 1.12. The van der Waals surface area contributed by atoms with Gasteiger partial charge in [0.2, 0.25) is 0 Å². The van der Waals surface area contributed by atoms with Crippen LogP contribution in [0, 0.1) is 0 Å². The number of carbonyl (C=O) groups is 1. The maximum atomic E-state index is 11.2. The largest absolute Gasteiger partial charge is 0.394 e. The van der Waals surface area contributed by atoms with Gasteiger partial charge in [-0.3, -0.25) is 4.79 Å². The smallest absolute Gasteiger partial charge is 0.159 e. The van der Waals surface area contributed by atoms with Crippen molar-refractivity contribution < 1.29 is 30.0 Å². The standard InChI is InChI=1S/C14H19NO6/c1-7(17)8-2-4-9(5-3-8)15-14-13(20)12(19)11(18)10(6-16)21-14/h2-5,10-16,18-20H,6H2,1H3/t10-,11+,12+,13-,14+/m0/s1. The number of Topliss-reactive ketones (excluding diaryl/α,β-unsaturated/α-hetero) is 1. The summed E-state index contributed by atoms with van der Waals surface area (Å²) in [5, 5.41) is 41.2. The molecule has 1 fully saturated rings. The van der Waals surface area contributed by atoms with E-state index in [9.17, 15) is 20.1 Å². The van der Waals surface area contributed by atoms with Crippen LogP contribution < -0.4 is 5.32 Å². The Morgan fingerprint density at radius 1 is 1.14 bits per heavy atom. The maximum absolute atomic E-state index is 11.2. The molecule has 0 unspecified atom stereocenters. The fraction of sp³-hybridized carbons (Fsp3) is 0.500. The fourth-order valence-electron chi connectivity index (χ4n) is 2.19. The molecule has 1 aromatic rings. The summed E-state index contributed by atoms with van der Waals surface area (Å²) in [6.45, 7) is 0.979. The predicted molar refractivity (Wildman–Crippen MR) is 73.8 cm³/mol. The highest BCUT2D eigenvalue weighted by molar-refractivity contribution is 5.94. The first-order chi connectivity index (χ1) is 9.93. The molecule has 1 saturated heterocycles. The van der Waals surface area contributed by atoms with E-state index in [1.165, 1.54) is 6.92 Å². The Morgan fingerprint density at radius 3 is 2.29 bits per heavy atom. The fourth-order valence-corrected chi connectivity index (χ4v) is 2.19. The zero-order chi connectivity index (χ0) is 15.6. The molecule has 0 saturated carbocycles. The number of ether oxygens (including phenoxy) is 1. The third-order valence-corrected chi connectivity index (χ3v) is 3.49. The zero-order valence-electron chi connectivity index (χ0n) is 11.5. The molecular formula is C14H19NO6. The summed E-state index contributed by atoms with van der Waals surface area (Å²) in [6.07, 6.45) is -6.11. The van der Waals surface area contributed by atoms with Gasteiger partial charge >= 0.3 is 0 Å². The number of aliphatic hydroxyl groups is 4. The molecule has 0 spiro atoms. The second-order valence-corrected chi connectivity index (χ2v) is 5.03. The normalized spacial score (nSPS) is 32.7. The average molecular weight is 297 g/mol. The summed E-state index contributed by atoms with van der Waals surface area (Å²) in [7, 11) is 0. The minimum Gasteiger partial charge on any atom is -0.394 e. The van der Waals surface area contributed by atoms with E-state index in [1.54, 1.807) is 24.3 Å². The van der Waals surface area contributed by atoms with Crippen LogP contribution in [-0.4, -0.2) is 63.5 Å². The first-order valence-electron chi connectivity index (χ1n) is 6.62. The highest BCUT2D eigenvalue weighted by Gasteiger charge is 2.43. The second kappa shape index (κ2) is 6.50. The summed E-state index contributed by atoms with van der Waals surface area (Å²) in [5.74, 6) is -0.0607. The number of carbonyl (C=O) groups excluding carboxylic acids is 1. The molecule has 7 heteroatoms. The molecule has 1 aliphatic heterocycles. The zero-order valence-corrected chi connectivity index (χ0v) is 11.5. The molecule has 1 aromatic carbocycles. The Balaban J connectivity index is 2.08. The van der Waals surface area contributed by atoms with Crippen LogP contribution >= 0.6 is 0 Å². The summed E-state index contributed by atoms with van der Waals surface area (Å²) in [4.78, 5) is 11.2. The van der Waals surface area contributed by atoms with Crippen molar-refractivity contribution in [2.24, 2.45) is 0 Å². The molecule has 0 radical (unpaired) electrons. The highest BCUT2D eigenvalue weighted by Crippen LogP contribution is 2.23. The third kappa shape index (κ3) is 3.39. The number of hydrogen-bond donors (Lipinski definition) is 5. The lowest BCUT2D eigenvalue weighted by atomic mass is 9.98. The van der Waals surface area contributed by atoms with Gasteiger partial charge < -0.3 is 30.5 Å². The molecule has 116 valence electrons. The van der Waals surface area contributed by atoms with E-state index < -0.39 is 37.3 Å². The molecule has 0 aromatic heterocycles. The molecule has 2 rings (SSSR count). The quantitative estimate of drug-likeness (QED) is 0.457. The summed E-state index contributed by atoms with van der Waals surface area (Å²) in [6, 6.07) is 6.51. The predicted octanol–water partition coefficient (Wildman–Crippen LogP) is -0.899. The minimum absolute atomic E-state index is 0.0607. The SMILES string of the molecule is CC(=O)c1ccc(N[C@@H]2O[C@@H](CO)[C@@H](O)[C@@H](O)[C@@H]2O)cc1. The number of hydrogen-bond acceptors (Lipinski definition) is 7. The van der Waals surface area contributed by atoms with Gasteiger partial charge in [-0.05, 0) is 31.2 Å². The van der Waals surface area contributed by atoms with Crippen LogP contribution in [0.5, 0.6) is 0 Å². The molecule has 0 bridgehead atoms. The Kier molecular flexibility index (Phi) is 4.92. The van der Waals surface area contributed by atoms with E-state index in [0.717, 1.165) is 0 Å². The van der Waals surface area contributed by atoms with Crippen LogP contribution in [0.3, 0.4) is 0 Å². The number of anilines is 1. The lowest BCUT2D eigenvalue weighted by Crippen LogP contribution is -2.60. The Bertz CT molecular complexity index is 489. The van der Waals surface area contributed by atoms with Crippen molar-refractivity contribution >= 4 is 11.5 Å². The van der Waals surface area contributed by atoms with Crippen LogP contribution in [0.2, 0.25) is 0 Å². The van der Waals surface area contributed by atoms with Crippen molar-refractivity contribution in [2.75, 3.05) is 11.9 Å². The lowest BCUT2D eigenvalue weighted by Gasteiger charge is -2.40. The van der Waals surface area contributed by atoms with Crippen molar-refractivity contribution in [3.05, 3.63) is 29.8 Å². The number of aliphatic hydroxyl groups excluding tert-OH is 4. The van der Waals surface area contributed by atoms with E-state index in [4.69, 9.17) is 9.84 Å². The van der Waals surface area contributed by atoms with Crippen LogP contribution in [0.1, 0.15) is 17.3 Å². The van der Waals surface area contributed by atoms with E-state index >= 15 is 0 Å². The van der Waals surface area contributed by atoms with Gasteiger partial charge in [-0.25, -0.2) is 0 Å². The summed E-state index contributed by atoms with van der Waals surface area (Å²) < 4.78 is 5.32. The molecule has 0 amide bonds. The molecule has 1 aliphatic rings. The number of nitrogens with one attached hydrogen (secondary N) is 1. The second-order valence-electron chi connectivity index (χ2n) is 5.03. The van der Waals surface area contributed by atoms with Crippen molar-refractivity contribution in [3.8, 4) is 0 Å². The Labute approximate surface area is 121 Å². The Hall–Kier alpha value is -1.51. The average Bonchev–Trinajstić information content (AvgIpc) is 2.48. The van der Waals surface area contributed by atoms with Gasteiger partial charge in [-0.15, -0.1) is 0 Å². The molecule has 7 nitrogen and oxygen atoms in total. The molecule has 5 atom stereocenters. The van der Waals surface area contributed by atoms with E-state index in [1.807, 2.05) is 0 Å². The number of rotatable bonds is 4. The highest BCUT2D eigenvalue weighted by atomic mass is 16.6. The molecule has 21 heavy (non-hydrogen) atoms. The number of ketones is 1. The van der Waals surface area contributed by atoms with Gasteiger partial charge in [-0.1, -0.05) is 0 Å². The van der Waals surface area contributed by atoms with Gasteiger partial charge in [0.1, 0.15) is 24.4 Å². The van der Waals surface area contributed by atoms with Crippen molar-refractivity contribution in [3.63, 3.8) is 0 Å². The van der Waals surface area contributed by atoms with Gasteiger partial charge in [-0.2, -0.15) is 0 Å².